The first kappa shape index (κ1) is 13.6. The standard InChI is InChI=1S/C14H13NO5S/c16-11-3-1-10(2-4-11)15-21(17,18)12-5-6-13-14(9-12)20-8-7-19-13/h1-6,9,15-16H,7-8H2. The van der Waals surface area contributed by atoms with Gasteiger partial charge < -0.3 is 14.6 Å². The van der Waals surface area contributed by atoms with Gasteiger partial charge in [-0.3, -0.25) is 4.72 Å². The maximum absolute atomic E-state index is 12.3. The Balaban J connectivity index is 1.89. The van der Waals surface area contributed by atoms with Crippen LogP contribution >= 0.6 is 0 Å². The van der Waals surface area contributed by atoms with Crippen LogP contribution in [0.15, 0.2) is 47.4 Å². The van der Waals surface area contributed by atoms with Gasteiger partial charge >= 0.3 is 0 Å². The lowest BCUT2D eigenvalue weighted by Crippen LogP contribution is -2.17. The summed E-state index contributed by atoms with van der Waals surface area (Å²) >= 11 is 0. The number of benzene rings is 2. The first-order valence-corrected chi connectivity index (χ1v) is 7.74. The molecule has 2 N–H and O–H groups in total. The van der Waals surface area contributed by atoms with Gasteiger partial charge in [0.05, 0.1) is 4.90 Å². The smallest absolute Gasteiger partial charge is 0.262 e. The van der Waals surface area contributed by atoms with Gasteiger partial charge in [0.15, 0.2) is 11.5 Å². The van der Waals surface area contributed by atoms with Crippen molar-refractivity contribution >= 4 is 15.7 Å². The molecule has 110 valence electrons. The zero-order valence-electron chi connectivity index (χ0n) is 10.9. The first-order valence-electron chi connectivity index (χ1n) is 6.26. The van der Waals surface area contributed by atoms with Crippen molar-refractivity contribution < 1.29 is 23.0 Å². The summed E-state index contributed by atoms with van der Waals surface area (Å²) in [6.45, 7) is 0.840. The molecule has 0 unspecified atom stereocenters. The van der Waals surface area contributed by atoms with Gasteiger partial charge in [-0.1, -0.05) is 0 Å². The molecule has 6 nitrogen and oxygen atoms in total. The van der Waals surface area contributed by atoms with Gasteiger partial charge in [-0.05, 0) is 36.4 Å². The summed E-state index contributed by atoms with van der Waals surface area (Å²) in [6, 6.07) is 10.2. The van der Waals surface area contributed by atoms with E-state index < -0.39 is 10.0 Å². The van der Waals surface area contributed by atoms with Gasteiger partial charge in [0.2, 0.25) is 0 Å². The number of fused-ring (bicyclic) bond motifs is 1. The number of nitrogens with one attached hydrogen (secondary N) is 1. The lowest BCUT2D eigenvalue weighted by Gasteiger charge is -2.19. The Kier molecular flexibility index (Phi) is 3.34. The summed E-state index contributed by atoms with van der Waals surface area (Å²) in [6.07, 6.45) is 0. The Morgan fingerprint density at radius 1 is 0.952 bits per heavy atom. The number of hydrogen-bond donors (Lipinski definition) is 2. The van der Waals surface area contributed by atoms with E-state index in [4.69, 9.17) is 9.47 Å². The number of rotatable bonds is 3. The molecule has 1 aliphatic heterocycles. The van der Waals surface area contributed by atoms with E-state index >= 15 is 0 Å². The molecule has 0 bridgehead atoms. The number of phenolic OH excluding ortho intramolecular Hbond substituents is 1. The van der Waals surface area contributed by atoms with Crippen molar-refractivity contribution in [2.24, 2.45) is 0 Å². The molecule has 2 aromatic rings. The number of ether oxygens (including phenoxy) is 2. The topological polar surface area (TPSA) is 84.9 Å². The van der Waals surface area contributed by atoms with Crippen molar-refractivity contribution in [1.82, 2.24) is 0 Å². The quantitative estimate of drug-likeness (QED) is 0.847. The highest BCUT2D eigenvalue weighted by Crippen LogP contribution is 2.32. The summed E-state index contributed by atoms with van der Waals surface area (Å²) in [5, 5.41) is 9.20. The van der Waals surface area contributed by atoms with Crippen LogP contribution in [0.1, 0.15) is 0 Å². The molecule has 0 atom stereocenters. The van der Waals surface area contributed by atoms with Crippen LogP contribution in [-0.4, -0.2) is 26.7 Å². The van der Waals surface area contributed by atoms with E-state index in [9.17, 15) is 13.5 Å². The van der Waals surface area contributed by atoms with E-state index in [2.05, 4.69) is 4.72 Å². The summed E-state index contributed by atoms with van der Waals surface area (Å²) in [4.78, 5) is 0.0832. The van der Waals surface area contributed by atoms with Gasteiger partial charge in [0, 0.05) is 11.8 Å². The lowest BCUT2D eigenvalue weighted by molar-refractivity contribution is 0.171. The molecule has 0 saturated heterocycles. The molecule has 3 rings (SSSR count). The number of hydrogen-bond acceptors (Lipinski definition) is 5. The summed E-state index contributed by atoms with van der Waals surface area (Å²) in [7, 11) is -3.73. The monoisotopic (exact) mass is 307 g/mol. The van der Waals surface area contributed by atoms with E-state index in [0.29, 0.717) is 30.4 Å². The van der Waals surface area contributed by atoms with E-state index in [0.717, 1.165) is 0 Å². The third-order valence-electron chi connectivity index (χ3n) is 2.94. The molecule has 2 aromatic carbocycles. The molecule has 0 spiro atoms. The fourth-order valence-corrected chi connectivity index (χ4v) is 3.01. The second-order valence-electron chi connectivity index (χ2n) is 4.46. The second kappa shape index (κ2) is 5.17. The second-order valence-corrected chi connectivity index (χ2v) is 6.14. The summed E-state index contributed by atoms with van der Waals surface area (Å²) < 4.78 is 37.8. The molecule has 0 saturated carbocycles. The molecular formula is C14H13NO5S. The number of phenols is 1. The third-order valence-corrected chi connectivity index (χ3v) is 4.32. The maximum atomic E-state index is 12.3. The molecule has 21 heavy (non-hydrogen) atoms. The lowest BCUT2D eigenvalue weighted by atomic mass is 10.3. The highest BCUT2D eigenvalue weighted by Gasteiger charge is 2.19. The van der Waals surface area contributed by atoms with Crippen LogP contribution in [0.2, 0.25) is 0 Å². The van der Waals surface area contributed by atoms with Crippen molar-refractivity contribution in [2.75, 3.05) is 17.9 Å². The SMILES string of the molecule is O=S(=O)(Nc1ccc(O)cc1)c1ccc2c(c1)OCCO2. The van der Waals surface area contributed by atoms with Crippen molar-refractivity contribution in [1.29, 1.82) is 0 Å². The average Bonchev–Trinajstić information content (AvgIpc) is 2.49. The largest absolute Gasteiger partial charge is 0.508 e. The Bertz CT molecular complexity index is 755. The van der Waals surface area contributed by atoms with E-state index in [1.54, 1.807) is 6.07 Å². The minimum atomic E-state index is -3.73. The number of sulfonamides is 1. The first-order chi connectivity index (χ1) is 10.0. The Morgan fingerprint density at radius 3 is 2.33 bits per heavy atom. The zero-order valence-corrected chi connectivity index (χ0v) is 11.8. The molecule has 7 heteroatoms. The minimum Gasteiger partial charge on any atom is -0.508 e. The number of anilines is 1. The Morgan fingerprint density at radius 2 is 1.62 bits per heavy atom. The van der Waals surface area contributed by atoms with Crippen LogP contribution in [-0.2, 0) is 10.0 Å². The summed E-state index contributed by atoms with van der Waals surface area (Å²) in [5.41, 5.74) is 0.364. The summed E-state index contributed by atoms with van der Waals surface area (Å²) in [5.74, 6) is 1.01. The van der Waals surface area contributed by atoms with E-state index in [-0.39, 0.29) is 10.6 Å². The molecule has 1 heterocycles. The number of aromatic hydroxyl groups is 1. The molecule has 0 fully saturated rings. The van der Waals surface area contributed by atoms with Gasteiger partial charge in [-0.25, -0.2) is 8.42 Å². The van der Waals surface area contributed by atoms with Crippen LogP contribution in [0, 0.1) is 0 Å². The normalized spacial score (nSPS) is 13.7. The van der Waals surface area contributed by atoms with Crippen LogP contribution in [0.5, 0.6) is 17.2 Å². The predicted octanol–water partition coefficient (Wildman–Crippen LogP) is 1.96. The predicted molar refractivity (Wildman–Crippen MR) is 76.3 cm³/mol. The highest BCUT2D eigenvalue weighted by atomic mass is 32.2. The van der Waals surface area contributed by atoms with Crippen molar-refractivity contribution in [3.05, 3.63) is 42.5 Å². The van der Waals surface area contributed by atoms with Gasteiger partial charge in [0.25, 0.3) is 10.0 Å². The molecule has 0 aliphatic carbocycles. The minimum absolute atomic E-state index is 0.0669. The van der Waals surface area contributed by atoms with Crippen molar-refractivity contribution in [3.63, 3.8) is 0 Å². The van der Waals surface area contributed by atoms with Crippen LogP contribution in [0.25, 0.3) is 0 Å². The molecule has 0 amide bonds. The van der Waals surface area contributed by atoms with Crippen LogP contribution in [0.3, 0.4) is 0 Å². The molecular weight excluding hydrogens is 294 g/mol. The van der Waals surface area contributed by atoms with Crippen LogP contribution < -0.4 is 14.2 Å². The fraction of sp³-hybridized carbons (Fsp3) is 0.143. The molecule has 1 aliphatic rings. The van der Waals surface area contributed by atoms with E-state index in [1.807, 2.05) is 0 Å². The zero-order chi connectivity index (χ0) is 14.9. The van der Waals surface area contributed by atoms with Gasteiger partial charge in [-0.15, -0.1) is 0 Å². The molecule has 0 aromatic heterocycles. The van der Waals surface area contributed by atoms with Crippen LogP contribution in [0.4, 0.5) is 5.69 Å². The Labute approximate surface area is 122 Å². The average molecular weight is 307 g/mol. The molecule has 0 radical (unpaired) electrons. The van der Waals surface area contributed by atoms with Crippen molar-refractivity contribution in [2.45, 2.75) is 4.90 Å². The third kappa shape index (κ3) is 2.87. The highest BCUT2D eigenvalue weighted by molar-refractivity contribution is 7.92. The fourth-order valence-electron chi connectivity index (χ4n) is 1.93. The maximum Gasteiger partial charge on any atom is 0.262 e. The Hall–Kier alpha value is -2.41. The van der Waals surface area contributed by atoms with Gasteiger partial charge in [0.1, 0.15) is 19.0 Å². The van der Waals surface area contributed by atoms with Crippen molar-refractivity contribution in [3.8, 4) is 17.2 Å². The van der Waals surface area contributed by atoms with Gasteiger partial charge in [-0.2, -0.15) is 0 Å². The van der Waals surface area contributed by atoms with E-state index in [1.165, 1.54) is 36.4 Å².